The van der Waals surface area contributed by atoms with Gasteiger partial charge in [-0.2, -0.15) is 4.98 Å². The van der Waals surface area contributed by atoms with Gasteiger partial charge in [0.05, 0.1) is 17.2 Å². The molecule has 2 atom stereocenters. The van der Waals surface area contributed by atoms with Crippen molar-refractivity contribution in [3.8, 4) is 11.5 Å². The lowest BCUT2D eigenvalue weighted by atomic mass is 9.81. The van der Waals surface area contributed by atoms with E-state index in [0.717, 1.165) is 49.0 Å². The molecule has 0 bridgehead atoms. The molecule has 0 radical (unpaired) electrons. The van der Waals surface area contributed by atoms with Crippen LogP contribution in [0.3, 0.4) is 0 Å². The third-order valence-electron chi connectivity index (χ3n) is 6.63. The molecule has 2 saturated heterocycles. The van der Waals surface area contributed by atoms with Gasteiger partial charge in [-0.1, -0.05) is 17.3 Å². The molecular formula is C23H26N6O2. The van der Waals surface area contributed by atoms with E-state index in [-0.39, 0.29) is 11.9 Å². The summed E-state index contributed by atoms with van der Waals surface area (Å²) in [6, 6.07) is 7.60. The number of anilines is 1. The van der Waals surface area contributed by atoms with Gasteiger partial charge in [0.15, 0.2) is 5.82 Å². The maximum absolute atomic E-state index is 13.5. The molecule has 0 aliphatic carbocycles. The van der Waals surface area contributed by atoms with Crippen LogP contribution in [-0.2, 0) is 0 Å². The summed E-state index contributed by atoms with van der Waals surface area (Å²) in [5.74, 6) is 2.22. The van der Waals surface area contributed by atoms with Gasteiger partial charge < -0.3 is 14.3 Å². The lowest BCUT2D eigenvalue weighted by molar-refractivity contribution is 0.00772. The number of fused-ring (bicyclic) bond motifs is 1. The SMILES string of the molecule is Cc1noc(-c2ccccc2C(=O)N2C[C@H]3CCN(c4nc(C)c(C)c(C)n4)C[C@H]32)n1. The van der Waals surface area contributed by atoms with Crippen molar-refractivity contribution in [2.24, 2.45) is 5.92 Å². The second kappa shape index (κ2) is 7.44. The second-order valence-corrected chi connectivity index (χ2v) is 8.53. The molecule has 1 amide bonds. The van der Waals surface area contributed by atoms with Crippen molar-refractivity contribution in [3.63, 3.8) is 0 Å². The minimum atomic E-state index is 0.00624. The van der Waals surface area contributed by atoms with Crippen molar-refractivity contribution in [2.45, 2.75) is 40.2 Å². The van der Waals surface area contributed by atoms with Crippen LogP contribution in [0.25, 0.3) is 11.5 Å². The van der Waals surface area contributed by atoms with Crippen molar-refractivity contribution in [1.29, 1.82) is 0 Å². The molecule has 2 aliphatic heterocycles. The summed E-state index contributed by atoms with van der Waals surface area (Å²) in [6.07, 6.45) is 1.04. The molecule has 160 valence electrons. The Kier molecular flexibility index (Phi) is 4.72. The number of rotatable bonds is 3. The van der Waals surface area contributed by atoms with E-state index < -0.39 is 0 Å². The number of nitrogens with zero attached hydrogens (tertiary/aromatic N) is 6. The first-order valence-electron chi connectivity index (χ1n) is 10.7. The van der Waals surface area contributed by atoms with Gasteiger partial charge in [0.1, 0.15) is 0 Å². The fourth-order valence-electron chi connectivity index (χ4n) is 4.52. The fourth-order valence-corrected chi connectivity index (χ4v) is 4.52. The highest BCUT2D eigenvalue weighted by Crippen LogP contribution is 2.36. The van der Waals surface area contributed by atoms with E-state index in [1.54, 1.807) is 6.92 Å². The van der Waals surface area contributed by atoms with Crippen molar-refractivity contribution < 1.29 is 9.32 Å². The third kappa shape index (κ3) is 3.36. The van der Waals surface area contributed by atoms with Crippen molar-refractivity contribution in [2.75, 3.05) is 24.5 Å². The fraction of sp³-hybridized carbons (Fsp3) is 0.435. The molecular weight excluding hydrogens is 392 g/mol. The number of benzene rings is 1. The molecule has 8 nitrogen and oxygen atoms in total. The molecule has 31 heavy (non-hydrogen) atoms. The van der Waals surface area contributed by atoms with E-state index in [2.05, 4.69) is 22.0 Å². The summed E-state index contributed by atoms with van der Waals surface area (Å²) in [6.45, 7) is 10.3. The summed E-state index contributed by atoms with van der Waals surface area (Å²) >= 11 is 0. The maximum atomic E-state index is 13.5. The number of carbonyl (C=O) groups excluding carboxylic acids is 1. The van der Waals surface area contributed by atoms with Gasteiger partial charge in [0.25, 0.3) is 11.8 Å². The molecule has 4 heterocycles. The summed E-state index contributed by atoms with van der Waals surface area (Å²) in [5, 5.41) is 3.87. The predicted molar refractivity (Wildman–Crippen MR) is 116 cm³/mol. The van der Waals surface area contributed by atoms with Crippen LogP contribution in [-0.4, -0.2) is 56.6 Å². The van der Waals surface area contributed by atoms with Gasteiger partial charge in [0.2, 0.25) is 5.95 Å². The highest BCUT2D eigenvalue weighted by Gasteiger charge is 2.46. The molecule has 0 unspecified atom stereocenters. The Hall–Kier alpha value is -3.29. The van der Waals surface area contributed by atoms with Crippen molar-refractivity contribution in [1.82, 2.24) is 25.0 Å². The lowest BCUT2D eigenvalue weighted by Crippen LogP contribution is -2.66. The number of hydrogen-bond acceptors (Lipinski definition) is 7. The third-order valence-corrected chi connectivity index (χ3v) is 6.63. The molecule has 0 spiro atoms. The molecule has 2 aliphatic rings. The van der Waals surface area contributed by atoms with Crippen LogP contribution in [0.2, 0.25) is 0 Å². The van der Waals surface area contributed by atoms with Crippen LogP contribution in [0.15, 0.2) is 28.8 Å². The standard InChI is InChI=1S/C23H26N6O2/c1-13-14(2)24-23(25-15(13)3)28-10-9-17-11-29(20(17)12-28)22(30)19-8-6-5-7-18(19)21-26-16(4)27-31-21/h5-8,17,20H,9-12H2,1-4H3/t17-,20-/m1/s1. The zero-order valence-corrected chi connectivity index (χ0v) is 18.3. The normalized spacial score (nSPS) is 20.4. The van der Waals surface area contributed by atoms with Gasteiger partial charge in [0, 0.05) is 36.9 Å². The van der Waals surface area contributed by atoms with Crippen LogP contribution in [0, 0.1) is 33.6 Å². The van der Waals surface area contributed by atoms with Crippen LogP contribution < -0.4 is 4.90 Å². The minimum Gasteiger partial charge on any atom is -0.339 e. The lowest BCUT2D eigenvalue weighted by Gasteiger charge is -2.53. The van der Waals surface area contributed by atoms with Gasteiger partial charge in [-0.25, -0.2) is 9.97 Å². The second-order valence-electron chi connectivity index (χ2n) is 8.53. The number of aromatic nitrogens is 4. The van der Waals surface area contributed by atoms with E-state index in [1.165, 1.54) is 0 Å². The molecule has 2 aromatic heterocycles. The Morgan fingerprint density at radius 3 is 2.48 bits per heavy atom. The van der Waals surface area contributed by atoms with Crippen LogP contribution in [0.4, 0.5) is 5.95 Å². The largest absolute Gasteiger partial charge is 0.339 e. The number of carbonyl (C=O) groups is 1. The first kappa shape index (κ1) is 19.7. The van der Waals surface area contributed by atoms with Crippen LogP contribution in [0.1, 0.15) is 39.6 Å². The van der Waals surface area contributed by atoms with Crippen LogP contribution >= 0.6 is 0 Å². The topological polar surface area (TPSA) is 88.3 Å². The van der Waals surface area contributed by atoms with Crippen LogP contribution in [0.5, 0.6) is 0 Å². The average molecular weight is 419 g/mol. The minimum absolute atomic E-state index is 0.00624. The zero-order valence-electron chi connectivity index (χ0n) is 18.3. The predicted octanol–water partition coefficient (Wildman–Crippen LogP) is 3.11. The molecule has 2 fully saturated rings. The van der Waals surface area contributed by atoms with Crippen molar-refractivity contribution in [3.05, 3.63) is 52.6 Å². The highest BCUT2D eigenvalue weighted by atomic mass is 16.5. The van der Waals surface area contributed by atoms with Gasteiger partial charge >= 0.3 is 0 Å². The molecule has 1 aromatic carbocycles. The summed E-state index contributed by atoms with van der Waals surface area (Å²) in [4.78, 5) is 31.4. The maximum Gasteiger partial charge on any atom is 0.258 e. The smallest absolute Gasteiger partial charge is 0.258 e. The number of likely N-dealkylation sites (tertiary alicyclic amines) is 1. The highest BCUT2D eigenvalue weighted by molar-refractivity contribution is 6.00. The molecule has 0 N–H and O–H groups in total. The van der Waals surface area contributed by atoms with E-state index in [4.69, 9.17) is 14.5 Å². The number of hydrogen-bond donors (Lipinski definition) is 0. The first-order valence-corrected chi connectivity index (χ1v) is 10.7. The Bertz CT molecular complexity index is 1130. The Morgan fingerprint density at radius 1 is 1.03 bits per heavy atom. The van der Waals surface area contributed by atoms with Gasteiger partial charge in [-0.15, -0.1) is 0 Å². The summed E-state index contributed by atoms with van der Waals surface area (Å²) < 4.78 is 5.33. The van der Waals surface area contributed by atoms with E-state index in [1.807, 2.05) is 43.0 Å². The van der Waals surface area contributed by atoms with E-state index in [9.17, 15) is 4.79 Å². The number of piperidine rings is 1. The van der Waals surface area contributed by atoms with Gasteiger partial charge in [-0.3, -0.25) is 4.79 Å². The molecule has 0 saturated carbocycles. The molecule has 3 aromatic rings. The zero-order chi connectivity index (χ0) is 21.7. The average Bonchev–Trinajstić information content (AvgIpc) is 3.18. The first-order chi connectivity index (χ1) is 14.9. The van der Waals surface area contributed by atoms with Gasteiger partial charge in [-0.05, 0) is 51.8 Å². The number of aryl methyl sites for hydroxylation is 3. The van der Waals surface area contributed by atoms with E-state index >= 15 is 0 Å². The Labute approximate surface area is 181 Å². The molecule has 5 rings (SSSR count). The van der Waals surface area contributed by atoms with E-state index in [0.29, 0.717) is 28.8 Å². The monoisotopic (exact) mass is 418 g/mol. The molecule has 8 heteroatoms. The van der Waals surface area contributed by atoms with Crippen molar-refractivity contribution >= 4 is 11.9 Å². The Morgan fingerprint density at radius 2 is 1.77 bits per heavy atom. The number of amides is 1. The summed E-state index contributed by atoms with van der Waals surface area (Å²) in [5.41, 5.74) is 4.43. The summed E-state index contributed by atoms with van der Waals surface area (Å²) in [7, 11) is 0. The Balaban J connectivity index is 1.38. The quantitative estimate of drug-likeness (QED) is 0.646.